The van der Waals surface area contributed by atoms with Gasteiger partial charge < -0.3 is 0 Å². The van der Waals surface area contributed by atoms with Gasteiger partial charge in [0.2, 0.25) is 0 Å². The van der Waals surface area contributed by atoms with Gasteiger partial charge in [-0.25, -0.2) is 0 Å². The number of Topliss-reactive ketones (excluding diaryl/α,β-unsaturated/α-hetero) is 1. The first-order valence-electron chi connectivity index (χ1n) is 6.40. The SMILES string of the molecule is CC(C)(C)C(=O)[C@H]1[C@H](c2cccc(I)c2)C1(C#N)C#N. The highest BCUT2D eigenvalue weighted by molar-refractivity contribution is 14.1. The molecule has 0 heterocycles. The van der Waals surface area contributed by atoms with Crippen LogP contribution in [0.4, 0.5) is 0 Å². The van der Waals surface area contributed by atoms with Crippen LogP contribution >= 0.6 is 22.6 Å². The lowest BCUT2D eigenvalue weighted by Gasteiger charge is -2.16. The van der Waals surface area contributed by atoms with E-state index < -0.39 is 16.7 Å². The minimum absolute atomic E-state index is 0.00976. The maximum Gasteiger partial charge on any atom is 0.161 e. The molecule has 1 fully saturated rings. The van der Waals surface area contributed by atoms with Crippen LogP contribution in [0.5, 0.6) is 0 Å². The van der Waals surface area contributed by atoms with Gasteiger partial charge in [0, 0.05) is 14.9 Å². The van der Waals surface area contributed by atoms with Crippen molar-refractivity contribution in [1.82, 2.24) is 0 Å². The predicted octanol–water partition coefficient (Wildman–Crippen LogP) is 3.65. The second-order valence-corrected chi connectivity index (χ2v) is 7.46. The first-order valence-corrected chi connectivity index (χ1v) is 7.48. The Morgan fingerprint density at radius 1 is 1.30 bits per heavy atom. The van der Waals surface area contributed by atoms with Crippen LogP contribution in [0, 0.1) is 43.0 Å². The van der Waals surface area contributed by atoms with Gasteiger partial charge in [-0.3, -0.25) is 4.79 Å². The summed E-state index contributed by atoms with van der Waals surface area (Å²) in [6.07, 6.45) is 0. The Hall–Kier alpha value is -1.40. The number of carbonyl (C=O) groups excluding carboxylic acids is 1. The Kier molecular flexibility index (Phi) is 3.64. The molecule has 1 aromatic rings. The van der Waals surface area contributed by atoms with Crippen LogP contribution in [0.2, 0.25) is 0 Å². The Morgan fingerprint density at radius 3 is 2.35 bits per heavy atom. The van der Waals surface area contributed by atoms with Gasteiger partial charge in [-0.05, 0) is 40.3 Å². The van der Waals surface area contributed by atoms with Crippen molar-refractivity contribution in [3.05, 3.63) is 33.4 Å². The Bertz CT molecular complexity index is 632. The number of ketones is 1. The number of benzene rings is 1. The zero-order valence-corrected chi connectivity index (χ0v) is 13.8. The van der Waals surface area contributed by atoms with E-state index in [4.69, 9.17) is 0 Å². The Balaban J connectivity index is 2.46. The zero-order valence-electron chi connectivity index (χ0n) is 11.6. The molecular weight excluding hydrogens is 363 g/mol. The second-order valence-electron chi connectivity index (χ2n) is 6.22. The highest BCUT2D eigenvalue weighted by atomic mass is 127. The molecule has 4 heteroatoms. The van der Waals surface area contributed by atoms with Crippen molar-refractivity contribution >= 4 is 28.4 Å². The fourth-order valence-electron chi connectivity index (χ4n) is 2.67. The summed E-state index contributed by atoms with van der Waals surface area (Å²) in [4.78, 5) is 12.5. The van der Waals surface area contributed by atoms with Gasteiger partial charge >= 0.3 is 0 Å². The van der Waals surface area contributed by atoms with E-state index in [1.54, 1.807) is 0 Å². The van der Waals surface area contributed by atoms with Crippen molar-refractivity contribution in [3.8, 4) is 12.1 Å². The summed E-state index contributed by atoms with van der Waals surface area (Å²) >= 11 is 2.19. The summed E-state index contributed by atoms with van der Waals surface area (Å²) in [7, 11) is 0. The van der Waals surface area contributed by atoms with Crippen LogP contribution in [0.15, 0.2) is 24.3 Å². The molecule has 1 aliphatic rings. The molecule has 0 aliphatic heterocycles. The minimum Gasteiger partial charge on any atom is -0.299 e. The Labute approximate surface area is 132 Å². The number of carbonyl (C=O) groups is 1. The van der Waals surface area contributed by atoms with Gasteiger partial charge in [-0.15, -0.1) is 0 Å². The van der Waals surface area contributed by atoms with Gasteiger partial charge in [0.1, 0.15) is 5.78 Å². The lowest BCUT2D eigenvalue weighted by atomic mass is 9.85. The summed E-state index contributed by atoms with van der Waals surface area (Å²) in [6, 6.07) is 11.9. The third-order valence-electron chi connectivity index (χ3n) is 3.80. The monoisotopic (exact) mass is 378 g/mol. The topological polar surface area (TPSA) is 64.7 Å². The fourth-order valence-corrected chi connectivity index (χ4v) is 3.24. The van der Waals surface area contributed by atoms with Crippen LogP contribution in [-0.4, -0.2) is 5.78 Å². The molecule has 20 heavy (non-hydrogen) atoms. The lowest BCUT2D eigenvalue weighted by molar-refractivity contribution is -0.128. The zero-order chi connectivity index (χ0) is 15.1. The third kappa shape index (κ3) is 2.23. The van der Waals surface area contributed by atoms with Gasteiger partial charge in [0.25, 0.3) is 0 Å². The highest BCUT2D eigenvalue weighted by Crippen LogP contribution is 2.66. The largest absolute Gasteiger partial charge is 0.299 e. The van der Waals surface area contributed by atoms with Crippen LogP contribution in [0.25, 0.3) is 0 Å². The van der Waals surface area contributed by atoms with Crippen LogP contribution in [0.3, 0.4) is 0 Å². The molecule has 1 saturated carbocycles. The van der Waals surface area contributed by atoms with Crippen molar-refractivity contribution in [2.75, 3.05) is 0 Å². The summed E-state index contributed by atoms with van der Waals surface area (Å²) in [6.45, 7) is 5.50. The van der Waals surface area contributed by atoms with E-state index >= 15 is 0 Å². The van der Waals surface area contributed by atoms with E-state index in [2.05, 4.69) is 34.7 Å². The molecule has 1 aromatic carbocycles. The second kappa shape index (κ2) is 4.86. The molecule has 0 unspecified atom stereocenters. The van der Waals surface area contributed by atoms with Crippen molar-refractivity contribution < 1.29 is 4.79 Å². The molecule has 1 aliphatic carbocycles. The molecule has 3 nitrogen and oxygen atoms in total. The average molecular weight is 378 g/mol. The van der Waals surface area contributed by atoms with E-state index in [0.29, 0.717) is 0 Å². The highest BCUT2D eigenvalue weighted by Gasteiger charge is 2.71. The first kappa shape index (κ1) is 15.0. The standard InChI is InChI=1S/C16H15IN2O/c1-15(2,3)14(20)13-12(16(13,8-18)9-19)10-5-4-6-11(17)7-10/h4-7,12-13H,1-3H3/t12-,13+/m0/s1. The number of nitrogens with zero attached hydrogens (tertiary/aromatic N) is 2. The summed E-state index contributed by atoms with van der Waals surface area (Å²) < 4.78 is 1.04. The maximum atomic E-state index is 12.5. The lowest BCUT2D eigenvalue weighted by Crippen LogP contribution is -2.24. The summed E-state index contributed by atoms with van der Waals surface area (Å²) in [5.41, 5.74) is -0.836. The Morgan fingerprint density at radius 2 is 1.90 bits per heavy atom. The van der Waals surface area contributed by atoms with Crippen molar-refractivity contribution in [2.45, 2.75) is 26.7 Å². The van der Waals surface area contributed by atoms with E-state index in [-0.39, 0.29) is 11.7 Å². The molecule has 0 saturated heterocycles. The van der Waals surface area contributed by atoms with Gasteiger partial charge in [0.05, 0.1) is 18.1 Å². The smallest absolute Gasteiger partial charge is 0.161 e. The molecule has 0 radical (unpaired) electrons. The number of rotatable bonds is 2. The van der Waals surface area contributed by atoms with Gasteiger partial charge in [0.15, 0.2) is 5.41 Å². The molecule has 102 valence electrons. The van der Waals surface area contributed by atoms with Crippen molar-refractivity contribution in [1.29, 1.82) is 10.5 Å². The number of nitriles is 2. The molecule has 0 bridgehead atoms. The van der Waals surface area contributed by atoms with Crippen molar-refractivity contribution in [2.24, 2.45) is 16.7 Å². The van der Waals surface area contributed by atoms with Crippen LogP contribution in [-0.2, 0) is 4.79 Å². The van der Waals surface area contributed by atoms with E-state index in [1.165, 1.54) is 0 Å². The third-order valence-corrected chi connectivity index (χ3v) is 4.48. The van der Waals surface area contributed by atoms with E-state index in [0.717, 1.165) is 9.13 Å². The van der Waals surface area contributed by atoms with Crippen LogP contribution in [0.1, 0.15) is 32.3 Å². The quantitative estimate of drug-likeness (QED) is 0.738. The van der Waals surface area contributed by atoms with Crippen LogP contribution < -0.4 is 0 Å². The number of hydrogen-bond acceptors (Lipinski definition) is 3. The molecule has 2 rings (SSSR count). The molecule has 0 spiro atoms. The summed E-state index contributed by atoms with van der Waals surface area (Å²) in [5, 5.41) is 18.8. The molecule has 0 amide bonds. The van der Waals surface area contributed by atoms with Crippen molar-refractivity contribution in [3.63, 3.8) is 0 Å². The van der Waals surface area contributed by atoms with E-state index in [1.807, 2.05) is 45.0 Å². The summed E-state index contributed by atoms with van der Waals surface area (Å²) in [5.74, 6) is -0.834. The molecular formula is C16H15IN2O. The number of halogens is 1. The molecule has 0 aromatic heterocycles. The molecule has 0 N–H and O–H groups in total. The fraction of sp³-hybridized carbons (Fsp3) is 0.438. The van der Waals surface area contributed by atoms with E-state index in [9.17, 15) is 15.3 Å². The van der Waals surface area contributed by atoms with Gasteiger partial charge in [-0.2, -0.15) is 10.5 Å². The number of hydrogen-bond donors (Lipinski definition) is 0. The minimum atomic E-state index is -1.20. The predicted molar refractivity (Wildman–Crippen MR) is 83.5 cm³/mol. The molecule has 2 atom stereocenters. The normalized spacial score (nSPS) is 23.5. The average Bonchev–Trinajstić information content (AvgIpc) is 3.06. The van der Waals surface area contributed by atoms with Gasteiger partial charge in [-0.1, -0.05) is 32.9 Å². The maximum absolute atomic E-state index is 12.5. The first-order chi connectivity index (χ1) is 9.28.